The number of hydrogen-bond donors (Lipinski definition) is 1. The van der Waals surface area contributed by atoms with E-state index in [1.807, 2.05) is 0 Å². The molecule has 17 heavy (non-hydrogen) atoms. The maximum absolute atomic E-state index is 5.96. The fourth-order valence-corrected chi connectivity index (χ4v) is 4.11. The van der Waals surface area contributed by atoms with Gasteiger partial charge in [0.2, 0.25) is 0 Å². The van der Waals surface area contributed by atoms with Crippen molar-refractivity contribution in [2.24, 2.45) is 11.7 Å². The molecule has 1 fully saturated rings. The Morgan fingerprint density at radius 3 is 2.76 bits per heavy atom. The average Bonchev–Trinajstić information content (AvgIpc) is 2.92. The Labute approximate surface area is 116 Å². The zero-order valence-electron chi connectivity index (χ0n) is 10.4. The lowest BCUT2D eigenvalue weighted by Gasteiger charge is -2.31. The molecule has 1 aromatic rings. The molecule has 0 spiro atoms. The van der Waals surface area contributed by atoms with Crippen LogP contribution in [0.2, 0.25) is 0 Å². The number of likely N-dealkylation sites (N-methyl/N-ethyl adjacent to an activating group) is 1. The van der Waals surface area contributed by atoms with Crippen molar-refractivity contribution in [1.82, 2.24) is 4.90 Å². The van der Waals surface area contributed by atoms with Gasteiger partial charge in [0, 0.05) is 19.1 Å². The Bertz CT molecular complexity index is 347. The monoisotopic (exact) mass is 316 g/mol. The van der Waals surface area contributed by atoms with E-state index in [1.165, 1.54) is 35.0 Å². The molecule has 1 saturated carbocycles. The lowest BCUT2D eigenvalue weighted by atomic mass is 9.97. The summed E-state index contributed by atoms with van der Waals surface area (Å²) in [4.78, 5) is 2.44. The van der Waals surface area contributed by atoms with E-state index in [2.05, 4.69) is 39.3 Å². The first-order valence-corrected chi connectivity index (χ1v) is 8.01. The zero-order chi connectivity index (χ0) is 12.3. The van der Waals surface area contributed by atoms with Crippen LogP contribution in [0.4, 0.5) is 0 Å². The third kappa shape index (κ3) is 3.53. The number of nitrogens with zero attached hydrogens (tertiary/aromatic N) is 1. The first-order valence-electron chi connectivity index (χ1n) is 6.34. The lowest BCUT2D eigenvalue weighted by Crippen LogP contribution is -2.42. The summed E-state index contributed by atoms with van der Waals surface area (Å²) in [7, 11) is 2.21. The third-order valence-corrected chi connectivity index (χ3v) is 5.36. The molecule has 2 rings (SSSR count). The van der Waals surface area contributed by atoms with Crippen LogP contribution in [0.3, 0.4) is 0 Å². The summed E-state index contributed by atoms with van der Waals surface area (Å²) in [5.41, 5.74) is 7.35. The van der Waals surface area contributed by atoms with Gasteiger partial charge in [-0.05, 0) is 58.7 Å². The van der Waals surface area contributed by atoms with E-state index in [-0.39, 0.29) is 0 Å². The van der Waals surface area contributed by atoms with Gasteiger partial charge in [0.15, 0.2) is 0 Å². The normalized spacial score (nSPS) is 19.1. The Morgan fingerprint density at radius 1 is 1.53 bits per heavy atom. The van der Waals surface area contributed by atoms with Crippen LogP contribution in [0.25, 0.3) is 0 Å². The largest absolute Gasteiger partial charge is 0.329 e. The summed E-state index contributed by atoms with van der Waals surface area (Å²) >= 11 is 5.27. The standard InChI is InChI=1S/C13H21BrN2S/c1-16(8-10-6-13(14)17-9-10)12(7-15)11-4-2-3-5-11/h6,9,11-12H,2-5,7-8,15H2,1H3. The van der Waals surface area contributed by atoms with Crippen molar-refractivity contribution >= 4 is 27.3 Å². The number of hydrogen-bond acceptors (Lipinski definition) is 3. The van der Waals surface area contributed by atoms with E-state index >= 15 is 0 Å². The highest BCUT2D eigenvalue weighted by atomic mass is 79.9. The number of rotatable bonds is 5. The Hall–Kier alpha value is 0.1000. The molecule has 1 unspecified atom stereocenters. The van der Waals surface area contributed by atoms with Gasteiger partial charge in [0.05, 0.1) is 3.79 Å². The molecule has 2 N–H and O–H groups in total. The molecule has 2 nitrogen and oxygen atoms in total. The molecule has 0 aliphatic heterocycles. The predicted molar refractivity (Wildman–Crippen MR) is 78.3 cm³/mol. The summed E-state index contributed by atoms with van der Waals surface area (Å²) in [5.74, 6) is 0.812. The lowest BCUT2D eigenvalue weighted by molar-refractivity contribution is 0.174. The molecule has 4 heteroatoms. The van der Waals surface area contributed by atoms with Gasteiger partial charge in [-0.15, -0.1) is 11.3 Å². The fourth-order valence-electron chi connectivity index (χ4n) is 2.91. The van der Waals surface area contributed by atoms with Crippen LogP contribution in [0.1, 0.15) is 31.2 Å². The van der Waals surface area contributed by atoms with Gasteiger partial charge in [-0.25, -0.2) is 0 Å². The minimum Gasteiger partial charge on any atom is -0.329 e. The summed E-state index contributed by atoms with van der Waals surface area (Å²) in [5, 5.41) is 2.23. The van der Waals surface area contributed by atoms with Crippen molar-refractivity contribution in [2.45, 2.75) is 38.3 Å². The molecule has 0 saturated heterocycles. The smallest absolute Gasteiger partial charge is 0.0701 e. The van der Waals surface area contributed by atoms with Gasteiger partial charge in [0.1, 0.15) is 0 Å². The SMILES string of the molecule is CN(Cc1csc(Br)c1)C(CN)C1CCCC1. The summed E-state index contributed by atoms with van der Waals surface area (Å²) < 4.78 is 1.21. The van der Waals surface area contributed by atoms with Crippen LogP contribution in [-0.2, 0) is 6.54 Å². The Morgan fingerprint density at radius 2 is 2.24 bits per heavy atom. The predicted octanol–water partition coefficient (Wildman–Crippen LogP) is 3.46. The van der Waals surface area contributed by atoms with Crippen molar-refractivity contribution in [3.05, 3.63) is 20.8 Å². The highest BCUT2D eigenvalue weighted by Crippen LogP contribution is 2.30. The van der Waals surface area contributed by atoms with Crippen molar-refractivity contribution in [3.8, 4) is 0 Å². The maximum atomic E-state index is 5.96. The first-order chi connectivity index (χ1) is 8.20. The molecule has 0 radical (unpaired) electrons. The molecule has 0 amide bonds. The highest BCUT2D eigenvalue weighted by molar-refractivity contribution is 9.11. The van der Waals surface area contributed by atoms with Gasteiger partial charge in [-0.3, -0.25) is 4.90 Å². The van der Waals surface area contributed by atoms with Crippen LogP contribution in [0.15, 0.2) is 15.2 Å². The Kier molecular flexibility index (Phi) is 5.03. The molecule has 0 bridgehead atoms. The van der Waals surface area contributed by atoms with Crippen molar-refractivity contribution in [2.75, 3.05) is 13.6 Å². The van der Waals surface area contributed by atoms with Crippen LogP contribution in [0.5, 0.6) is 0 Å². The molecule has 1 aliphatic carbocycles. The summed E-state index contributed by atoms with van der Waals surface area (Å²) in [6, 6.07) is 2.76. The van der Waals surface area contributed by atoms with E-state index in [4.69, 9.17) is 5.73 Å². The van der Waals surface area contributed by atoms with Gasteiger partial charge in [-0.2, -0.15) is 0 Å². The second-order valence-corrected chi connectivity index (χ2v) is 7.31. The fraction of sp³-hybridized carbons (Fsp3) is 0.692. The van der Waals surface area contributed by atoms with Crippen molar-refractivity contribution in [1.29, 1.82) is 0 Å². The van der Waals surface area contributed by atoms with Crippen LogP contribution in [-0.4, -0.2) is 24.5 Å². The molecular weight excluding hydrogens is 296 g/mol. The van der Waals surface area contributed by atoms with Crippen molar-refractivity contribution in [3.63, 3.8) is 0 Å². The molecule has 1 aromatic heterocycles. The molecule has 96 valence electrons. The van der Waals surface area contributed by atoms with Gasteiger partial charge < -0.3 is 5.73 Å². The van der Waals surface area contributed by atoms with Crippen LogP contribution >= 0.6 is 27.3 Å². The second kappa shape index (κ2) is 6.32. The van der Waals surface area contributed by atoms with Gasteiger partial charge >= 0.3 is 0 Å². The van der Waals surface area contributed by atoms with Gasteiger partial charge in [0.25, 0.3) is 0 Å². The Balaban J connectivity index is 1.94. The van der Waals surface area contributed by atoms with Gasteiger partial charge in [-0.1, -0.05) is 12.8 Å². The molecular formula is C13H21BrN2S. The topological polar surface area (TPSA) is 29.3 Å². The number of nitrogens with two attached hydrogens (primary N) is 1. The van der Waals surface area contributed by atoms with E-state index in [0.29, 0.717) is 6.04 Å². The molecule has 1 aliphatic rings. The van der Waals surface area contributed by atoms with Crippen LogP contribution in [0, 0.1) is 5.92 Å². The highest BCUT2D eigenvalue weighted by Gasteiger charge is 2.26. The molecule has 1 heterocycles. The zero-order valence-corrected chi connectivity index (χ0v) is 12.8. The number of halogens is 1. The van der Waals surface area contributed by atoms with E-state index < -0.39 is 0 Å². The van der Waals surface area contributed by atoms with E-state index in [0.717, 1.165) is 19.0 Å². The first kappa shape index (κ1) is 13.5. The quantitative estimate of drug-likeness (QED) is 0.901. The average molecular weight is 317 g/mol. The van der Waals surface area contributed by atoms with Crippen LogP contribution < -0.4 is 5.73 Å². The van der Waals surface area contributed by atoms with E-state index in [9.17, 15) is 0 Å². The summed E-state index contributed by atoms with van der Waals surface area (Å²) in [6.45, 7) is 1.80. The number of thiophene rings is 1. The minimum absolute atomic E-state index is 0.552. The molecule has 0 aromatic carbocycles. The van der Waals surface area contributed by atoms with E-state index in [1.54, 1.807) is 11.3 Å². The minimum atomic E-state index is 0.552. The molecule has 1 atom stereocenters. The van der Waals surface area contributed by atoms with Crippen molar-refractivity contribution < 1.29 is 0 Å². The summed E-state index contributed by atoms with van der Waals surface area (Å²) in [6.07, 6.45) is 5.50. The second-order valence-electron chi connectivity index (χ2n) is 5.02. The third-order valence-electron chi connectivity index (χ3n) is 3.81. The maximum Gasteiger partial charge on any atom is 0.0701 e.